The summed E-state index contributed by atoms with van der Waals surface area (Å²) < 4.78 is 1.01. The molecule has 2 aromatic heterocycles. The van der Waals surface area contributed by atoms with E-state index in [0.717, 1.165) is 46.2 Å². The number of fused-ring (bicyclic) bond motifs is 1. The van der Waals surface area contributed by atoms with Crippen LogP contribution in [0.1, 0.15) is 40.9 Å². The Labute approximate surface area is 201 Å². The molecule has 3 N–H and O–H groups in total. The van der Waals surface area contributed by atoms with Gasteiger partial charge in [0.25, 0.3) is 5.91 Å². The number of hydrogen-bond donors (Lipinski definition) is 2. The van der Waals surface area contributed by atoms with Crippen molar-refractivity contribution >= 4 is 49.8 Å². The van der Waals surface area contributed by atoms with E-state index in [9.17, 15) is 9.59 Å². The zero-order valence-electron chi connectivity index (χ0n) is 18.5. The minimum atomic E-state index is -0.494. The van der Waals surface area contributed by atoms with Crippen LogP contribution in [-0.4, -0.2) is 60.0 Å². The van der Waals surface area contributed by atoms with Crippen LogP contribution in [-0.2, 0) is 11.2 Å². The molecule has 174 valence electrons. The number of aromatic nitrogens is 1. The van der Waals surface area contributed by atoms with Crippen LogP contribution in [0, 0.1) is 0 Å². The first-order valence-corrected chi connectivity index (χ1v) is 13.3. The molecule has 3 aromatic rings. The van der Waals surface area contributed by atoms with Crippen molar-refractivity contribution in [3.63, 3.8) is 0 Å². The van der Waals surface area contributed by atoms with E-state index in [0.29, 0.717) is 31.1 Å². The molecule has 0 radical (unpaired) electrons. The standard InChI is InChI=1S/C24H29N5O2S2/c25-19(15-18-6-3-13-32-18)23(31)28-9-11-29(12-10-28)24-27-20-8-7-16(14-21(20)33-24)22(30)26-17-4-1-2-5-17/h3,6-8,13-14,17,19H,1-2,4-5,9-12,15,25H2,(H,26,30)/t19-/m0/s1. The van der Waals surface area contributed by atoms with E-state index < -0.39 is 6.04 Å². The van der Waals surface area contributed by atoms with E-state index in [1.54, 1.807) is 22.7 Å². The molecule has 7 nitrogen and oxygen atoms in total. The lowest BCUT2D eigenvalue weighted by Crippen LogP contribution is -2.53. The molecule has 2 aliphatic rings. The number of carbonyl (C=O) groups is 2. The van der Waals surface area contributed by atoms with Gasteiger partial charge in [0.05, 0.1) is 16.3 Å². The number of nitrogens with one attached hydrogen (secondary N) is 1. The van der Waals surface area contributed by atoms with E-state index in [1.165, 1.54) is 12.8 Å². The second-order valence-electron chi connectivity index (χ2n) is 8.84. The minimum Gasteiger partial charge on any atom is -0.349 e. The summed E-state index contributed by atoms with van der Waals surface area (Å²) in [4.78, 5) is 35.4. The number of rotatable bonds is 6. The molecule has 1 aliphatic carbocycles. The average Bonchev–Trinajstić information content (AvgIpc) is 3.60. The Morgan fingerprint density at radius 2 is 1.94 bits per heavy atom. The van der Waals surface area contributed by atoms with Crippen LogP contribution in [0.25, 0.3) is 10.2 Å². The minimum absolute atomic E-state index is 0.00441. The molecule has 2 fully saturated rings. The summed E-state index contributed by atoms with van der Waals surface area (Å²) in [6, 6.07) is 9.56. The molecular formula is C24H29N5O2S2. The number of thiophene rings is 1. The molecule has 2 amide bonds. The van der Waals surface area contributed by atoms with Gasteiger partial charge in [-0.2, -0.15) is 0 Å². The maximum Gasteiger partial charge on any atom is 0.251 e. The third-order valence-corrected chi connectivity index (χ3v) is 8.49. The Kier molecular flexibility index (Phi) is 6.62. The Bertz CT molecular complexity index is 1120. The Balaban J connectivity index is 1.19. The van der Waals surface area contributed by atoms with Crippen molar-refractivity contribution in [1.82, 2.24) is 15.2 Å². The highest BCUT2D eigenvalue weighted by molar-refractivity contribution is 7.22. The van der Waals surface area contributed by atoms with Gasteiger partial charge in [-0.25, -0.2) is 4.98 Å². The third-order valence-electron chi connectivity index (χ3n) is 6.51. The summed E-state index contributed by atoms with van der Waals surface area (Å²) in [5.41, 5.74) is 7.79. The first-order chi connectivity index (χ1) is 16.1. The Hall–Kier alpha value is -2.49. The molecule has 5 rings (SSSR count). The van der Waals surface area contributed by atoms with Gasteiger partial charge in [-0.1, -0.05) is 30.2 Å². The van der Waals surface area contributed by atoms with Gasteiger partial charge >= 0.3 is 0 Å². The predicted molar refractivity (Wildman–Crippen MR) is 134 cm³/mol. The summed E-state index contributed by atoms with van der Waals surface area (Å²) >= 11 is 3.24. The summed E-state index contributed by atoms with van der Waals surface area (Å²) in [5.74, 6) is 0.0232. The number of hydrogen-bond acceptors (Lipinski definition) is 7. The number of amides is 2. The van der Waals surface area contributed by atoms with Gasteiger partial charge in [-0.15, -0.1) is 11.3 Å². The van der Waals surface area contributed by atoms with Crippen LogP contribution in [0.5, 0.6) is 0 Å². The molecule has 1 atom stereocenters. The second-order valence-corrected chi connectivity index (χ2v) is 10.9. The van der Waals surface area contributed by atoms with Gasteiger partial charge in [-0.05, 0) is 42.5 Å². The van der Waals surface area contributed by atoms with Gasteiger partial charge in [-0.3, -0.25) is 9.59 Å². The zero-order chi connectivity index (χ0) is 22.8. The smallest absolute Gasteiger partial charge is 0.251 e. The monoisotopic (exact) mass is 483 g/mol. The molecule has 1 saturated heterocycles. The van der Waals surface area contributed by atoms with E-state index in [4.69, 9.17) is 10.7 Å². The molecule has 9 heteroatoms. The second kappa shape index (κ2) is 9.79. The van der Waals surface area contributed by atoms with Crippen molar-refractivity contribution in [2.75, 3.05) is 31.1 Å². The molecule has 1 saturated carbocycles. The topological polar surface area (TPSA) is 91.6 Å². The fourth-order valence-electron chi connectivity index (χ4n) is 4.61. The summed E-state index contributed by atoms with van der Waals surface area (Å²) in [7, 11) is 0. The number of benzene rings is 1. The lowest BCUT2D eigenvalue weighted by atomic mass is 10.1. The number of piperazine rings is 1. The lowest BCUT2D eigenvalue weighted by molar-refractivity contribution is -0.132. The van der Waals surface area contributed by atoms with Gasteiger partial charge in [0.15, 0.2) is 5.13 Å². The quantitative estimate of drug-likeness (QED) is 0.562. The maximum atomic E-state index is 12.8. The highest BCUT2D eigenvalue weighted by atomic mass is 32.1. The number of carbonyl (C=O) groups excluding carboxylic acids is 2. The first kappa shape index (κ1) is 22.3. The maximum absolute atomic E-state index is 12.8. The predicted octanol–water partition coefficient (Wildman–Crippen LogP) is 3.25. The summed E-state index contributed by atoms with van der Waals surface area (Å²) in [5, 5.41) is 6.10. The highest BCUT2D eigenvalue weighted by Gasteiger charge is 2.27. The highest BCUT2D eigenvalue weighted by Crippen LogP contribution is 2.30. The van der Waals surface area contributed by atoms with Crippen molar-refractivity contribution in [2.24, 2.45) is 5.73 Å². The van der Waals surface area contributed by atoms with Gasteiger partial charge in [0.1, 0.15) is 0 Å². The van der Waals surface area contributed by atoms with Crippen LogP contribution >= 0.6 is 22.7 Å². The normalized spacial score (nSPS) is 18.1. The van der Waals surface area contributed by atoms with E-state index >= 15 is 0 Å². The van der Waals surface area contributed by atoms with Crippen LogP contribution in [0.4, 0.5) is 5.13 Å². The van der Waals surface area contributed by atoms with Crippen LogP contribution in [0.3, 0.4) is 0 Å². The molecular weight excluding hydrogens is 454 g/mol. The van der Waals surface area contributed by atoms with Crippen LogP contribution in [0.15, 0.2) is 35.7 Å². The molecule has 33 heavy (non-hydrogen) atoms. The molecule has 0 spiro atoms. The summed E-state index contributed by atoms with van der Waals surface area (Å²) in [6.45, 7) is 2.74. The lowest BCUT2D eigenvalue weighted by Gasteiger charge is -2.35. The van der Waals surface area contributed by atoms with Crippen molar-refractivity contribution in [2.45, 2.75) is 44.2 Å². The van der Waals surface area contributed by atoms with Gasteiger partial charge < -0.3 is 20.9 Å². The van der Waals surface area contributed by atoms with Gasteiger partial charge in [0, 0.05) is 49.1 Å². The fourth-order valence-corrected chi connectivity index (χ4v) is 6.43. The molecule has 1 aromatic carbocycles. The van der Waals surface area contributed by atoms with Crippen molar-refractivity contribution in [3.05, 3.63) is 46.2 Å². The summed E-state index contributed by atoms with van der Waals surface area (Å²) in [6.07, 6.45) is 5.13. The van der Waals surface area contributed by atoms with Gasteiger partial charge in [0.2, 0.25) is 5.91 Å². The van der Waals surface area contributed by atoms with Crippen molar-refractivity contribution in [3.8, 4) is 0 Å². The van der Waals surface area contributed by atoms with E-state index in [2.05, 4.69) is 10.2 Å². The number of anilines is 1. The number of nitrogens with two attached hydrogens (primary N) is 1. The Morgan fingerprint density at radius 3 is 2.67 bits per heavy atom. The third kappa shape index (κ3) is 5.05. The fraction of sp³-hybridized carbons (Fsp3) is 0.458. The largest absolute Gasteiger partial charge is 0.349 e. The van der Waals surface area contributed by atoms with E-state index in [-0.39, 0.29) is 11.8 Å². The zero-order valence-corrected chi connectivity index (χ0v) is 20.2. The molecule has 1 aliphatic heterocycles. The molecule has 3 heterocycles. The molecule has 0 bridgehead atoms. The number of nitrogens with zero attached hydrogens (tertiary/aromatic N) is 3. The number of thiazole rings is 1. The van der Waals surface area contributed by atoms with E-state index in [1.807, 2.05) is 40.6 Å². The van der Waals surface area contributed by atoms with Crippen LogP contribution < -0.4 is 16.0 Å². The Morgan fingerprint density at radius 1 is 1.15 bits per heavy atom. The molecule has 0 unspecified atom stereocenters. The van der Waals surface area contributed by atoms with Crippen LogP contribution in [0.2, 0.25) is 0 Å². The van der Waals surface area contributed by atoms with Crippen molar-refractivity contribution < 1.29 is 9.59 Å². The first-order valence-electron chi connectivity index (χ1n) is 11.6. The average molecular weight is 484 g/mol. The van der Waals surface area contributed by atoms with Crippen molar-refractivity contribution in [1.29, 1.82) is 0 Å². The SMILES string of the molecule is N[C@@H](Cc1cccs1)C(=O)N1CCN(c2nc3ccc(C(=O)NC4CCCC4)cc3s2)CC1.